The lowest BCUT2D eigenvalue weighted by Gasteiger charge is -2.14. The van der Waals surface area contributed by atoms with Crippen molar-refractivity contribution < 1.29 is 22.7 Å². The van der Waals surface area contributed by atoms with Crippen molar-refractivity contribution in [3.63, 3.8) is 0 Å². The number of unbranched alkanes of at least 4 members (excludes halogenated alkanes) is 3. The second kappa shape index (κ2) is 11.3. The van der Waals surface area contributed by atoms with E-state index in [0.717, 1.165) is 25.0 Å². The molecule has 1 unspecified atom stereocenters. The van der Waals surface area contributed by atoms with Gasteiger partial charge in [0.1, 0.15) is 6.61 Å². The highest BCUT2D eigenvalue weighted by Gasteiger charge is 2.25. The second-order valence-electron chi connectivity index (χ2n) is 4.72. The fraction of sp³-hybridized carbons (Fsp3) is 0.929. The summed E-state index contributed by atoms with van der Waals surface area (Å²) in [6.45, 7) is 4.24. The van der Waals surface area contributed by atoms with Crippen LogP contribution in [0.3, 0.4) is 0 Å². The van der Waals surface area contributed by atoms with Crippen LogP contribution in [0.2, 0.25) is 0 Å². The summed E-state index contributed by atoms with van der Waals surface area (Å²) in [7, 11) is 0. The van der Waals surface area contributed by atoms with Crippen molar-refractivity contribution in [2.45, 2.75) is 70.2 Å². The number of ether oxygens (including phenoxy) is 1. The Balaban J connectivity index is 3.49. The predicted octanol–water partition coefficient (Wildman–Crippen LogP) is 4.96. The summed E-state index contributed by atoms with van der Waals surface area (Å²) >= 11 is 1.74. The SMILES string of the molecule is CCC(=O)OCC(CC)SCCCCCCC(F)(F)F. The Hall–Kier alpha value is -0.390. The number of hydrogen-bond acceptors (Lipinski definition) is 3. The molecule has 0 aromatic rings. The summed E-state index contributed by atoms with van der Waals surface area (Å²) in [6, 6.07) is 0. The third-order valence-electron chi connectivity index (χ3n) is 2.88. The minimum absolute atomic E-state index is 0.184. The highest BCUT2D eigenvalue weighted by molar-refractivity contribution is 7.99. The molecule has 0 aromatic carbocycles. The fourth-order valence-corrected chi connectivity index (χ4v) is 2.71. The molecule has 0 aliphatic rings. The van der Waals surface area contributed by atoms with Crippen molar-refractivity contribution in [2.75, 3.05) is 12.4 Å². The summed E-state index contributed by atoms with van der Waals surface area (Å²) in [5.41, 5.74) is 0. The summed E-state index contributed by atoms with van der Waals surface area (Å²) in [5, 5.41) is 0.292. The molecule has 0 radical (unpaired) electrons. The highest BCUT2D eigenvalue weighted by Crippen LogP contribution is 2.23. The number of carbonyl (C=O) groups is 1. The quantitative estimate of drug-likeness (QED) is 0.398. The molecule has 1 atom stereocenters. The van der Waals surface area contributed by atoms with Crippen molar-refractivity contribution in [3.8, 4) is 0 Å². The standard InChI is InChI=1S/C14H25F3O2S/c1-3-12(11-19-13(18)4-2)20-10-8-6-5-7-9-14(15,16)17/h12H,3-11H2,1-2H3. The van der Waals surface area contributed by atoms with Crippen LogP contribution in [-0.4, -0.2) is 29.8 Å². The highest BCUT2D eigenvalue weighted by atomic mass is 32.2. The Morgan fingerprint density at radius 3 is 2.35 bits per heavy atom. The van der Waals surface area contributed by atoms with E-state index in [9.17, 15) is 18.0 Å². The molecule has 20 heavy (non-hydrogen) atoms. The zero-order valence-electron chi connectivity index (χ0n) is 12.3. The molecule has 6 heteroatoms. The van der Waals surface area contributed by atoms with Crippen LogP contribution in [0.4, 0.5) is 13.2 Å². The van der Waals surface area contributed by atoms with Gasteiger partial charge in [-0.15, -0.1) is 0 Å². The Kier molecular flexibility index (Phi) is 11.1. The maximum absolute atomic E-state index is 11.9. The van der Waals surface area contributed by atoms with Gasteiger partial charge in [-0.2, -0.15) is 24.9 Å². The van der Waals surface area contributed by atoms with Gasteiger partial charge in [0, 0.05) is 18.1 Å². The summed E-state index contributed by atoms with van der Waals surface area (Å²) < 4.78 is 40.8. The van der Waals surface area contributed by atoms with E-state index >= 15 is 0 Å². The maximum atomic E-state index is 11.9. The van der Waals surface area contributed by atoms with Gasteiger partial charge in [-0.1, -0.05) is 26.7 Å². The van der Waals surface area contributed by atoms with E-state index in [1.807, 2.05) is 6.92 Å². The smallest absolute Gasteiger partial charge is 0.389 e. The molecular formula is C14H25F3O2S. The molecule has 0 aliphatic heterocycles. The zero-order valence-corrected chi connectivity index (χ0v) is 13.1. The Morgan fingerprint density at radius 2 is 1.80 bits per heavy atom. The predicted molar refractivity (Wildman–Crippen MR) is 76.9 cm³/mol. The minimum Gasteiger partial charge on any atom is -0.465 e. The van der Waals surface area contributed by atoms with Crippen LogP contribution >= 0.6 is 11.8 Å². The van der Waals surface area contributed by atoms with Crippen molar-refractivity contribution in [1.29, 1.82) is 0 Å². The lowest BCUT2D eigenvalue weighted by molar-refractivity contribution is -0.143. The number of halogens is 3. The second-order valence-corrected chi connectivity index (χ2v) is 6.13. The molecule has 0 fully saturated rings. The van der Waals surface area contributed by atoms with Crippen LogP contribution in [-0.2, 0) is 9.53 Å². The van der Waals surface area contributed by atoms with Crippen molar-refractivity contribution in [1.82, 2.24) is 0 Å². The molecule has 0 saturated heterocycles. The molecule has 0 aliphatic carbocycles. The van der Waals surface area contributed by atoms with Gasteiger partial charge in [0.25, 0.3) is 0 Å². The molecule has 0 aromatic heterocycles. The molecular weight excluding hydrogens is 289 g/mol. The van der Waals surface area contributed by atoms with Crippen molar-refractivity contribution >= 4 is 17.7 Å². The summed E-state index contributed by atoms with van der Waals surface area (Å²) in [6.07, 6.45) is -0.790. The molecule has 0 saturated carbocycles. The molecule has 0 rings (SSSR count). The molecule has 0 N–H and O–H groups in total. The van der Waals surface area contributed by atoms with Crippen LogP contribution in [0.1, 0.15) is 58.8 Å². The zero-order chi connectivity index (χ0) is 15.4. The molecule has 0 heterocycles. The van der Waals surface area contributed by atoms with Crippen molar-refractivity contribution in [2.24, 2.45) is 0 Å². The fourth-order valence-electron chi connectivity index (χ4n) is 1.60. The van der Waals surface area contributed by atoms with E-state index in [1.54, 1.807) is 18.7 Å². The average molecular weight is 314 g/mol. The van der Waals surface area contributed by atoms with Crippen LogP contribution < -0.4 is 0 Å². The molecule has 0 spiro atoms. The molecule has 0 amide bonds. The first-order valence-electron chi connectivity index (χ1n) is 7.23. The van der Waals surface area contributed by atoms with E-state index in [0.29, 0.717) is 24.7 Å². The first kappa shape index (κ1) is 19.6. The van der Waals surface area contributed by atoms with E-state index in [1.165, 1.54) is 0 Å². The van der Waals surface area contributed by atoms with E-state index in [-0.39, 0.29) is 12.4 Å². The Morgan fingerprint density at radius 1 is 1.15 bits per heavy atom. The number of hydrogen-bond donors (Lipinski definition) is 0. The van der Waals surface area contributed by atoms with Gasteiger partial charge in [0.05, 0.1) is 0 Å². The first-order valence-corrected chi connectivity index (χ1v) is 8.27. The topological polar surface area (TPSA) is 26.3 Å². The first-order chi connectivity index (χ1) is 9.39. The molecule has 2 nitrogen and oxygen atoms in total. The van der Waals surface area contributed by atoms with Gasteiger partial charge in [0.2, 0.25) is 0 Å². The lowest BCUT2D eigenvalue weighted by atomic mass is 10.1. The van der Waals surface area contributed by atoms with Gasteiger partial charge in [0.15, 0.2) is 0 Å². The van der Waals surface area contributed by atoms with Gasteiger partial charge in [-0.05, 0) is 25.0 Å². The summed E-state index contributed by atoms with van der Waals surface area (Å²) in [5.74, 6) is 0.727. The van der Waals surface area contributed by atoms with Crippen LogP contribution in [0.5, 0.6) is 0 Å². The van der Waals surface area contributed by atoms with Gasteiger partial charge >= 0.3 is 12.1 Å². The monoisotopic (exact) mass is 314 g/mol. The minimum atomic E-state index is -4.02. The van der Waals surface area contributed by atoms with Gasteiger partial charge < -0.3 is 4.74 Å². The van der Waals surface area contributed by atoms with E-state index < -0.39 is 12.6 Å². The third kappa shape index (κ3) is 12.6. The van der Waals surface area contributed by atoms with E-state index in [4.69, 9.17) is 4.74 Å². The number of alkyl halides is 3. The third-order valence-corrected chi connectivity index (χ3v) is 4.35. The lowest BCUT2D eigenvalue weighted by Crippen LogP contribution is -2.15. The number of esters is 1. The van der Waals surface area contributed by atoms with E-state index in [2.05, 4.69) is 0 Å². The van der Waals surface area contributed by atoms with Crippen molar-refractivity contribution in [3.05, 3.63) is 0 Å². The van der Waals surface area contributed by atoms with Crippen LogP contribution in [0.25, 0.3) is 0 Å². The number of carbonyl (C=O) groups excluding carboxylic acids is 1. The number of rotatable bonds is 11. The van der Waals surface area contributed by atoms with Crippen LogP contribution in [0, 0.1) is 0 Å². The van der Waals surface area contributed by atoms with Gasteiger partial charge in [-0.3, -0.25) is 4.79 Å². The van der Waals surface area contributed by atoms with Crippen LogP contribution in [0.15, 0.2) is 0 Å². The maximum Gasteiger partial charge on any atom is 0.389 e. The molecule has 120 valence electrons. The Bertz CT molecular complexity index is 257. The molecule has 0 bridgehead atoms. The number of thioether (sulfide) groups is 1. The largest absolute Gasteiger partial charge is 0.465 e. The van der Waals surface area contributed by atoms with Gasteiger partial charge in [-0.25, -0.2) is 0 Å². The average Bonchev–Trinajstić information content (AvgIpc) is 2.39. The summed E-state index contributed by atoms with van der Waals surface area (Å²) in [4.78, 5) is 11.0. The normalized spacial score (nSPS) is 13.2. The Labute approximate surface area is 123 Å².